The zero-order valence-electron chi connectivity index (χ0n) is 16.7. The van der Waals surface area contributed by atoms with Crippen molar-refractivity contribution in [1.29, 1.82) is 0 Å². The third-order valence-corrected chi connectivity index (χ3v) is 5.66. The molecule has 1 saturated heterocycles. The number of esters is 3. The number of thioether (sulfide) groups is 1. The van der Waals surface area contributed by atoms with E-state index in [2.05, 4.69) is 26.0 Å². The highest BCUT2D eigenvalue weighted by Gasteiger charge is 2.50. The van der Waals surface area contributed by atoms with E-state index in [0.717, 1.165) is 25.6 Å². The van der Waals surface area contributed by atoms with E-state index in [9.17, 15) is 18.8 Å². The van der Waals surface area contributed by atoms with Crippen LogP contribution < -0.4 is 0 Å². The van der Waals surface area contributed by atoms with Gasteiger partial charge in [-0.2, -0.15) is 0 Å². The number of azide groups is 1. The average Bonchev–Trinajstić information content (AvgIpc) is 2.67. The molecule has 0 amide bonds. The van der Waals surface area contributed by atoms with Crippen molar-refractivity contribution in [2.24, 2.45) is 5.11 Å². The molecule has 1 aliphatic heterocycles. The summed E-state index contributed by atoms with van der Waals surface area (Å²) in [6.07, 6.45) is -3.51. The lowest BCUT2D eigenvalue weighted by atomic mass is 9.97. The maximum atomic E-state index is 14.3. The summed E-state index contributed by atoms with van der Waals surface area (Å²) in [6.45, 7) is 3.11. The molecule has 5 atom stereocenters. The molecule has 0 aliphatic carbocycles. The molecule has 0 spiro atoms. The molecule has 10 nitrogen and oxygen atoms in total. The summed E-state index contributed by atoms with van der Waals surface area (Å²) in [5.41, 5.74) is 7.99. The number of hydrogen-bond acceptors (Lipinski definition) is 9. The summed E-state index contributed by atoms with van der Waals surface area (Å²) < 4.78 is 36.4. The van der Waals surface area contributed by atoms with E-state index in [1.165, 1.54) is 25.1 Å². The van der Waals surface area contributed by atoms with Crippen molar-refractivity contribution in [3.8, 4) is 0 Å². The zero-order valence-corrected chi connectivity index (χ0v) is 19.1. The Bertz CT molecular complexity index is 899. The van der Waals surface area contributed by atoms with Gasteiger partial charge in [0, 0.05) is 35.1 Å². The number of nitrogens with zero attached hydrogens (tertiary/aromatic N) is 3. The van der Waals surface area contributed by atoms with E-state index >= 15 is 0 Å². The number of hydrogen-bond donors (Lipinski definition) is 0. The molecule has 1 fully saturated rings. The van der Waals surface area contributed by atoms with Crippen LogP contribution in [0.5, 0.6) is 0 Å². The Kier molecular flexibility index (Phi) is 9.11. The molecule has 1 aromatic rings. The molecule has 0 N–H and O–H groups in total. The summed E-state index contributed by atoms with van der Waals surface area (Å²) >= 11 is 4.13. The zero-order chi connectivity index (χ0) is 23.1. The third kappa shape index (κ3) is 7.10. The minimum Gasteiger partial charge on any atom is -0.463 e. The third-order valence-electron chi connectivity index (χ3n) is 3.99. The molecule has 0 saturated carbocycles. The lowest BCUT2D eigenvalue weighted by Crippen LogP contribution is -2.59. The van der Waals surface area contributed by atoms with Gasteiger partial charge in [0.25, 0.3) is 0 Å². The van der Waals surface area contributed by atoms with E-state index in [1.54, 1.807) is 0 Å². The highest BCUT2D eigenvalue weighted by Crippen LogP contribution is 2.39. The first-order chi connectivity index (χ1) is 14.6. The summed E-state index contributed by atoms with van der Waals surface area (Å²) in [5.74, 6) is -2.61. The molecule has 1 heterocycles. The van der Waals surface area contributed by atoms with Crippen LogP contribution in [0.1, 0.15) is 20.8 Å². The van der Waals surface area contributed by atoms with Crippen LogP contribution >= 0.6 is 27.7 Å². The second-order valence-electron chi connectivity index (χ2n) is 6.38. The summed E-state index contributed by atoms with van der Waals surface area (Å²) in [4.78, 5) is 37.6. The van der Waals surface area contributed by atoms with Gasteiger partial charge in [-0.25, -0.2) is 4.39 Å². The smallest absolute Gasteiger partial charge is 0.303 e. The van der Waals surface area contributed by atoms with Crippen molar-refractivity contribution in [3.63, 3.8) is 0 Å². The van der Waals surface area contributed by atoms with Gasteiger partial charge < -0.3 is 18.9 Å². The Morgan fingerprint density at radius 3 is 2.42 bits per heavy atom. The number of benzene rings is 1. The lowest BCUT2D eigenvalue weighted by Gasteiger charge is -2.43. The van der Waals surface area contributed by atoms with Crippen LogP contribution in [0.25, 0.3) is 10.4 Å². The number of rotatable bonds is 7. The largest absolute Gasteiger partial charge is 0.463 e. The highest BCUT2D eigenvalue weighted by atomic mass is 79.9. The molecule has 13 heteroatoms. The normalized spacial score (nSPS) is 25.1. The minimum atomic E-state index is -1.23. The molecule has 1 aromatic carbocycles. The number of ether oxygens (including phenoxy) is 4. The van der Waals surface area contributed by atoms with E-state index in [-0.39, 0.29) is 11.5 Å². The molecule has 2 unspecified atom stereocenters. The first-order valence-corrected chi connectivity index (χ1v) is 10.6. The second-order valence-corrected chi connectivity index (χ2v) is 8.44. The quantitative estimate of drug-likeness (QED) is 0.175. The fraction of sp³-hybridized carbons (Fsp3) is 0.500. The molecule has 168 valence electrons. The van der Waals surface area contributed by atoms with Crippen molar-refractivity contribution in [3.05, 3.63) is 38.9 Å². The van der Waals surface area contributed by atoms with Gasteiger partial charge in [0.05, 0.1) is 0 Å². The molecule has 0 aromatic heterocycles. The molecule has 0 bridgehead atoms. The fourth-order valence-corrected chi connectivity index (χ4v) is 4.55. The Morgan fingerprint density at radius 1 is 1.19 bits per heavy atom. The van der Waals surface area contributed by atoms with Gasteiger partial charge in [0.2, 0.25) is 0 Å². The van der Waals surface area contributed by atoms with Gasteiger partial charge in [0.1, 0.15) is 42.2 Å². The summed E-state index contributed by atoms with van der Waals surface area (Å²) in [7, 11) is 0. The van der Waals surface area contributed by atoms with Crippen LogP contribution in [0.4, 0.5) is 4.39 Å². The van der Waals surface area contributed by atoms with Crippen LogP contribution in [0.15, 0.2) is 32.7 Å². The van der Waals surface area contributed by atoms with E-state index in [4.69, 9.17) is 24.5 Å². The van der Waals surface area contributed by atoms with Crippen molar-refractivity contribution in [2.45, 2.75) is 55.5 Å². The molecule has 1 aliphatic rings. The maximum Gasteiger partial charge on any atom is 0.303 e. The standard InChI is InChI=1S/C18H19BrFN3O7S/c1-8(24)27-7-13-16(28-9(2)25)15(22-23-21)17(29-10(3)26)18(30-13)31-14-6-11(19)4-5-12(14)20/h4-6,13,15-18H,7H2,1-3H3/t13?,15-,16-,17?,18+/m0/s1. The monoisotopic (exact) mass is 519 g/mol. The SMILES string of the molecule is CC(=O)OCC1O[C@H](Sc2cc(Br)ccc2F)C(OC(C)=O)[C@@H](N=[N+]=[N-])[C@H]1OC(C)=O. The van der Waals surface area contributed by atoms with Crippen LogP contribution in [0.3, 0.4) is 0 Å². The molecule has 0 radical (unpaired) electrons. The summed E-state index contributed by atoms with van der Waals surface area (Å²) in [5, 5.41) is 3.65. The minimum absolute atomic E-state index is 0.161. The van der Waals surface area contributed by atoms with Crippen molar-refractivity contribution < 1.29 is 37.7 Å². The lowest BCUT2D eigenvalue weighted by molar-refractivity contribution is -0.201. The average molecular weight is 520 g/mol. The van der Waals surface area contributed by atoms with E-state index in [0.29, 0.717) is 4.47 Å². The predicted molar refractivity (Wildman–Crippen MR) is 109 cm³/mol. The van der Waals surface area contributed by atoms with Crippen LogP contribution in [-0.4, -0.2) is 54.3 Å². The Balaban J connectivity index is 2.47. The summed E-state index contributed by atoms with van der Waals surface area (Å²) in [6, 6.07) is 3.02. The van der Waals surface area contributed by atoms with Crippen LogP contribution in [0, 0.1) is 5.82 Å². The van der Waals surface area contributed by atoms with Crippen LogP contribution in [-0.2, 0) is 33.3 Å². The van der Waals surface area contributed by atoms with Crippen molar-refractivity contribution in [1.82, 2.24) is 0 Å². The molecular formula is C18H19BrFN3O7S. The topological polar surface area (TPSA) is 137 Å². The molecule has 2 rings (SSSR count). The first-order valence-electron chi connectivity index (χ1n) is 8.91. The maximum absolute atomic E-state index is 14.3. The first kappa shape index (κ1) is 24.9. The van der Waals surface area contributed by atoms with Crippen molar-refractivity contribution >= 4 is 45.6 Å². The number of carbonyl (C=O) groups is 3. The van der Waals surface area contributed by atoms with Gasteiger partial charge in [-0.05, 0) is 23.7 Å². The van der Waals surface area contributed by atoms with E-state index < -0.39 is 53.5 Å². The fourth-order valence-electron chi connectivity index (χ4n) is 2.86. The highest BCUT2D eigenvalue weighted by molar-refractivity contribution is 9.10. The molecular weight excluding hydrogens is 501 g/mol. The predicted octanol–water partition coefficient (Wildman–Crippen LogP) is 3.51. The Hall–Kier alpha value is -2.34. The van der Waals surface area contributed by atoms with Gasteiger partial charge in [-0.1, -0.05) is 32.8 Å². The van der Waals surface area contributed by atoms with Gasteiger partial charge >= 0.3 is 17.9 Å². The number of carbonyl (C=O) groups excluding carboxylic acids is 3. The molecule has 31 heavy (non-hydrogen) atoms. The second kappa shape index (κ2) is 11.3. The van der Waals surface area contributed by atoms with Gasteiger partial charge in [-0.15, -0.1) is 0 Å². The van der Waals surface area contributed by atoms with Crippen LogP contribution in [0.2, 0.25) is 0 Å². The van der Waals surface area contributed by atoms with Gasteiger partial charge in [0.15, 0.2) is 0 Å². The van der Waals surface area contributed by atoms with Gasteiger partial charge in [-0.3, -0.25) is 14.4 Å². The Morgan fingerprint density at radius 2 is 1.84 bits per heavy atom. The van der Waals surface area contributed by atoms with Crippen molar-refractivity contribution in [2.75, 3.05) is 6.61 Å². The number of halogens is 2. The van der Waals surface area contributed by atoms with E-state index in [1.807, 2.05) is 0 Å². The Labute approximate surface area is 189 Å².